The molecule has 1 aromatic carbocycles. The second-order valence-electron chi connectivity index (χ2n) is 8.33. The van der Waals surface area contributed by atoms with Gasteiger partial charge in [-0.1, -0.05) is 30.3 Å². The second kappa shape index (κ2) is 12.2. The van der Waals surface area contributed by atoms with Crippen molar-refractivity contribution in [3.05, 3.63) is 35.9 Å². The standard InChI is InChI=1S/C22H31N5O4S/c1-22(2,3)31-21(30)27-13-11-26(12-14-27)20(29)25-18(19(28)24-10-9-23)16-32-15-17-7-5-4-6-8-17/h4-8,18H,10-16H2,1-3H3,(H,24,28)(H,25,29)/t18-/m0/s1. The number of carbonyl (C=O) groups is 3. The highest BCUT2D eigenvalue weighted by Gasteiger charge is 2.29. The molecule has 0 radical (unpaired) electrons. The van der Waals surface area contributed by atoms with Gasteiger partial charge in [0.2, 0.25) is 5.91 Å². The maximum atomic E-state index is 12.8. The van der Waals surface area contributed by atoms with Crippen LogP contribution in [0.15, 0.2) is 30.3 Å². The SMILES string of the molecule is CC(C)(C)OC(=O)N1CCN(C(=O)N[C@@H](CSCc2ccccc2)C(=O)NCC#N)CC1. The molecule has 0 bridgehead atoms. The molecule has 0 spiro atoms. The number of ether oxygens (including phenoxy) is 1. The highest BCUT2D eigenvalue weighted by atomic mass is 32.2. The summed E-state index contributed by atoms with van der Waals surface area (Å²) >= 11 is 1.53. The first kappa shape index (κ1) is 25.3. The van der Waals surface area contributed by atoms with Crippen molar-refractivity contribution in [3.63, 3.8) is 0 Å². The average Bonchev–Trinajstić information content (AvgIpc) is 2.76. The quantitative estimate of drug-likeness (QED) is 0.602. The Morgan fingerprint density at radius 3 is 2.34 bits per heavy atom. The molecule has 32 heavy (non-hydrogen) atoms. The van der Waals surface area contributed by atoms with Crippen molar-refractivity contribution in [3.8, 4) is 6.07 Å². The minimum absolute atomic E-state index is 0.122. The van der Waals surface area contributed by atoms with Crippen LogP contribution in [0.1, 0.15) is 26.3 Å². The Kier molecular flexibility index (Phi) is 9.65. The van der Waals surface area contributed by atoms with Crippen molar-refractivity contribution in [1.29, 1.82) is 5.26 Å². The van der Waals surface area contributed by atoms with E-state index in [0.717, 1.165) is 5.56 Å². The van der Waals surface area contributed by atoms with Crippen molar-refractivity contribution >= 4 is 29.8 Å². The van der Waals surface area contributed by atoms with E-state index in [0.29, 0.717) is 37.7 Å². The molecule has 1 atom stereocenters. The molecule has 1 fully saturated rings. The summed E-state index contributed by atoms with van der Waals surface area (Å²) in [5.74, 6) is 0.677. The molecule has 10 heteroatoms. The molecule has 9 nitrogen and oxygen atoms in total. The second-order valence-corrected chi connectivity index (χ2v) is 9.36. The maximum absolute atomic E-state index is 12.8. The summed E-state index contributed by atoms with van der Waals surface area (Å²) < 4.78 is 5.37. The fraction of sp³-hybridized carbons (Fsp3) is 0.545. The van der Waals surface area contributed by atoms with Gasteiger partial charge in [-0.3, -0.25) is 4.79 Å². The minimum atomic E-state index is -0.770. The van der Waals surface area contributed by atoms with Crippen LogP contribution in [0.25, 0.3) is 0 Å². The first-order valence-corrected chi connectivity index (χ1v) is 11.6. The molecule has 1 aliphatic heterocycles. The maximum Gasteiger partial charge on any atom is 0.410 e. The highest BCUT2D eigenvalue weighted by Crippen LogP contribution is 2.14. The molecule has 2 rings (SSSR count). The third kappa shape index (κ3) is 8.67. The van der Waals surface area contributed by atoms with Gasteiger partial charge in [0.15, 0.2) is 0 Å². The lowest BCUT2D eigenvalue weighted by atomic mass is 10.2. The van der Waals surface area contributed by atoms with Gasteiger partial charge in [-0.2, -0.15) is 17.0 Å². The van der Waals surface area contributed by atoms with E-state index < -0.39 is 23.6 Å². The van der Waals surface area contributed by atoms with E-state index in [1.807, 2.05) is 57.2 Å². The van der Waals surface area contributed by atoms with E-state index >= 15 is 0 Å². The fourth-order valence-electron chi connectivity index (χ4n) is 2.96. The number of hydrogen-bond acceptors (Lipinski definition) is 6. The molecule has 0 unspecified atom stereocenters. The molecular formula is C22H31N5O4S. The van der Waals surface area contributed by atoms with Crippen LogP contribution >= 0.6 is 11.8 Å². The van der Waals surface area contributed by atoms with Crippen LogP contribution in [0.4, 0.5) is 9.59 Å². The van der Waals surface area contributed by atoms with E-state index in [4.69, 9.17) is 10.00 Å². The molecule has 1 aromatic rings. The molecule has 0 saturated carbocycles. The molecule has 1 saturated heterocycles. The number of thioether (sulfide) groups is 1. The summed E-state index contributed by atoms with van der Waals surface area (Å²) in [6.07, 6.45) is -0.399. The normalized spacial score (nSPS) is 14.8. The van der Waals surface area contributed by atoms with Gasteiger partial charge in [0.05, 0.1) is 6.07 Å². The largest absolute Gasteiger partial charge is 0.444 e. The highest BCUT2D eigenvalue weighted by molar-refractivity contribution is 7.98. The van der Waals surface area contributed by atoms with Crippen LogP contribution in [-0.2, 0) is 15.3 Å². The number of piperazine rings is 1. The Bertz CT molecular complexity index is 814. The van der Waals surface area contributed by atoms with E-state index in [9.17, 15) is 14.4 Å². The van der Waals surface area contributed by atoms with Crippen molar-refractivity contribution in [2.24, 2.45) is 0 Å². The summed E-state index contributed by atoms with van der Waals surface area (Å²) in [5.41, 5.74) is 0.547. The smallest absolute Gasteiger partial charge is 0.410 e. The number of benzene rings is 1. The summed E-state index contributed by atoms with van der Waals surface area (Å²) in [6.45, 7) is 6.70. The van der Waals surface area contributed by atoms with Gasteiger partial charge in [0, 0.05) is 37.7 Å². The Hall–Kier alpha value is -2.93. The van der Waals surface area contributed by atoms with Gasteiger partial charge in [-0.25, -0.2) is 9.59 Å². The molecule has 0 aromatic heterocycles. The minimum Gasteiger partial charge on any atom is -0.444 e. The molecule has 2 N–H and O–H groups in total. The Morgan fingerprint density at radius 2 is 1.75 bits per heavy atom. The zero-order chi connectivity index (χ0) is 23.6. The molecule has 174 valence electrons. The third-order valence-electron chi connectivity index (χ3n) is 4.57. The summed E-state index contributed by atoms with van der Waals surface area (Å²) in [5, 5.41) is 14.0. The molecule has 1 aliphatic rings. The van der Waals surface area contributed by atoms with E-state index in [2.05, 4.69) is 10.6 Å². The number of nitrogens with one attached hydrogen (secondary N) is 2. The average molecular weight is 462 g/mol. The summed E-state index contributed by atoms with van der Waals surface area (Å²) in [6, 6.07) is 10.6. The van der Waals surface area contributed by atoms with Crippen molar-refractivity contribution in [1.82, 2.24) is 20.4 Å². The number of hydrogen-bond donors (Lipinski definition) is 2. The molecule has 1 heterocycles. The number of rotatable bonds is 7. The zero-order valence-electron chi connectivity index (χ0n) is 18.8. The first-order chi connectivity index (χ1) is 15.2. The number of urea groups is 1. The van der Waals surface area contributed by atoms with Gasteiger partial charge in [0.1, 0.15) is 18.2 Å². The Labute approximate surface area is 193 Å². The number of carbonyl (C=O) groups excluding carboxylic acids is 3. The lowest BCUT2D eigenvalue weighted by Gasteiger charge is -2.36. The summed E-state index contributed by atoms with van der Waals surface area (Å²) in [7, 11) is 0. The first-order valence-electron chi connectivity index (χ1n) is 10.5. The van der Waals surface area contributed by atoms with E-state index in [1.54, 1.807) is 9.80 Å². The van der Waals surface area contributed by atoms with Crippen LogP contribution in [-0.4, -0.2) is 78.0 Å². The Balaban J connectivity index is 1.88. The van der Waals surface area contributed by atoms with Crippen LogP contribution in [0.3, 0.4) is 0 Å². The molecule has 4 amide bonds. The van der Waals surface area contributed by atoms with E-state index in [-0.39, 0.29) is 12.6 Å². The van der Waals surface area contributed by atoms with E-state index in [1.165, 1.54) is 11.8 Å². The monoisotopic (exact) mass is 461 g/mol. The summed E-state index contributed by atoms with van der Waals surface area (Å²) in [4.78, 5) is 40.6. The zero-order valence-corrected chi connectivity index (χ0v) is 19.6. The molecular weight excluding hydrogens is 430 g/mol. The van der Waals surface area contributed by atoms with Crippen molar-refractivity contribution in [2.45, 2.75) is 38.2 Å². The lowest BCUT2D eigenvalue weighted by molar-refractivity contribution is -0.122. The predicted molar refractivity (Wildman–Crippen MR) is 123 cm³/mol. The van der Waals surface area contributed by atoms with Gasteiger partial charge in [-0.15, -0.1) is 0 Å². The fourth-order valence-corrected chi connectivity index (χ4v) is 3.98. The topological polar surface area (TPSA) is 115 Å². The molecule has 0 aliphatic carbocycles. The number of nitriles is 1. The lowest BCUT2D eigenvalue weighted by Crippen LogP contribution is -2.57. The van der Waals surface area contributed by atoms with Gasteiger partial charge < -0.3 is 25.2 Å². The van der Waals surface area contributed by atoms with Gasteiger partial charge in [0.25, 0.3) is 0 Å². The van der Waals surface area contributed by atoms with Gasteiger partial charge in [-0.05, 0) is 26.3 Å². The Morgan fingerprint density at radius 1 is 1.12 bits per heavy atom. The number of nitrogens with zero attached hydrogens (tertiary/aromatic N) is 3. The predicted octanol–water partition coefficient (Wildman–Crippen LogP) is 2.19. The van der Waals surface area contributed by atoms with Crippen LogP contribution in [0, 0.1) is 11.3 Å². The van der Waals surface area contributed by atoms with Crippen molar-refractivity contribution < 1.29 is 19.1 Å². The van der Waals surface area contributed by atoms with Crippen LogP contribution in [0.2, 0.25) is 0 Å². The number of amides is 4. The van der Waals surface area contributed by atoms with Crippen LogP contribution < -0.4 is 10.6 Å². The van der Waals surface area contributed by atoms with Crippen molar-refractivity contribution in [2.75, 3.05) is 38.5 Å². The van der Waals surface area contributed by atoms with Gasteiger partial charge >= 0.3 is 12.1 Å². The van der Waals surface area contributed by atoms with Crippen LogP contribution in [0.5, 0.6) is 0 Å². The third-order valence-corrected chi connectivity index (χ3v) is 5.68.